The first-order chi connectivity index (χ1) is 12.4. The molecule has 0 saturated heterocycles. The van der Waals surface area contributed by atoms with Crippen molar-refractivity contribution in [2.75, 3.05) is 5.32 Å². The molecule has 2 aromatic rings. The van der Waals surface area contributed by atoms with Crippen LogP contribution in [0.25, 0.3) is 0 Å². The molecule has 2 rings (SSSR count). The van der Waals surface area contributed by atoms with Crippen molar-refractivity contribution in [3.63, 3.8) is 0 Å². The summed E-state index contributed by atoms with van der Waals surface area (Å²) in [5, 5.41) is 3.93. The van der Waals surface area contributed by atoms with E-state index in [0.717, 1.165) is 6.42 Å². The number of rotatable bonds is 5. The van der Waals surface area contributed by atoms with Crippen LogP contribution < -0.4 is 5.32 Å². The third-order valence-electron chi connectivity index (χ3n) is 5.76. The minimum absolute atomic E-state index is 0.254. The van der Waals surface area contributed by atoms with Gasteiger partial charge in [-0.1, -0.05) is 89.6 Å². The number of hydrogen-bond acceptors (Lipinski definition) is 1. The van der Waals surface area contributed by atoms with Crippen LogP contribution >= 0.6 is 0 Å². The molecule has 0 aliphatic rings. The number of anilines is 1. The molecule has 1 heteroatoms. The third-order valence-corrected chi connectivity index (χ3v) is 5.76. The second-order valence-electron chi connectivity index (χ2n) is 10.4. The first kappa shape index (κ1) is 21.5. The molecule has 0 radical (unpaired) electrons. The van der Waals surface area contributed by atoms with Crippen molar-refractivity contribution in [3.05, 3.63) is 64.7 Å². The minimum Gasteiger partial charge on any atom is -0.378 e. The predicted octanol–water partition coefficient (Wildman–Crippen LogP) is 7.86. The summed E-state index contributed by atoms with van der Waals surface area (Å²) in [6.45, 7) is 20.9. The van der Waals surface area contributed by atoms with Crippen molar-refractivity contribution in [2.45, 2.75) is 74.8 Å². The summed E-state index contributed by atoms with van der Waals surface area (Å²) >= 11 is 0. The highest BCUT2D eigenvalue weighted by Crippen LogP contribution is 2.45. The van der Waals surface area contributed by atoms with Gasteiger partial charge in [0.15, 0.2) is 0 Å². The van der Waals surface area contributed by atoms with Gasteiger partial charge in [-0.05, 0) is 60.6 Å². The van der Waals surface area contributed by atoms with Crippen LogP contribution in [-0.2, 0) is 0 Å². The van der Waals surface area contributed by atoms with E-state index in [1.807, 2.05) is 0 Å². The lowest BCUT2D eigenvalue weighted by molar-refractivity contribution is 0.0875. The normalized spacial score (nSPS) is 13.7. The van der Waals surface area contributed by atoms with Crippen LogP contribution in [0.3, 0.4) is 0 Å². The molecule has 1 nitrogen and oxygen atoms in total. The monoisotopic (exact) mass is 365 g/mol. The van der Waals surface area contributed by atoms with Crippen LogP contribution in [0.15, 0.2) is 42.5 Å². The molecule has 148 valence electrons. The number of nitrogens with one attached hydrogen (secondary N) is 1. The minimum atomic E-state index is 0.254. The van der Waals surface area contributed by atoms with Gasteiger partial charge < -0.3 is 5.32 Å². The van der Waals surface area contributed by atoms with Gasteiger partial charge in [-0.15, -0.1) is 0 Å². The molecule has 1 atom stereocenters. The van der Waals surface area contributed by atoms with E-state index in [1.54, 1.807) is 0 Å². The topological polar surface area (TPSA) is 12.0 Å². The Morgan fingerprint density at radius 3 is 1.70 bits per heavy atom. The summed E-state index contributed by atoms with van der Waals surface area (Å²) in [6.07, 6.45) is 1.11. The summed E-state index contributed by atoms with van der Waals surface area (Å²) in [7, 11) is 0. The zero-order valence-corrected chi connectivity index (χ0v) is 18.9. The average Bonchev–Trinajstić information content (AvgIpc) is 2.51. The van der Waals surface area contributed by atoms with E-state index in [-0.39, 0.29) is 10.8 Å². The van der Waals surface area contributed by atoms with Crippen molar-refractivity contribution >= 4 is 5.69 Å². The van der Waals surface area contributed by atoms with E-state index in [4.69, 9.17) is 0 Å². The van der Waals surface area contributed by atoms with E-state index in [1.165, 1.54) is 27.9 Å². The molecule has 0 heterocycles. The fourth-order valence-electron chi connectivity index (χ4n) is 4.79. The van der Waals surface area contributed by atoms with Gasteiger partial charge in [0.05, 0.1) is 6.04 Å². The SMILES string of the molecule is Cc1cc(C)c(NC(CC(C(C)(C)C)C(C)(C)C)c2ccccc2)c(C)c1. The van der Waals surface area contributed by atoms with Crippen LogP contribution in [0.5, 0.6) is 0 Å². The second kappa shape index (κ2) is 8.09. The molecule has 0 amide bonds. The summed E-state index contributed by atoms with van der Waals surface area (Å²) in [5.41, 5.74) is 7.16. The number of benzene rings is 2. The molecule has 1 unspecified atom stereocenters. The summed E-state index contributed by atoms with van der Waals surface area (Å²) in [6, 6.07) is 15.8. The lowest BCUT2D eigenvalue weighted by Gasteiger charge is -2.43. The summed E-state index contributed by atoms with van der Waals surface area (Å²) in [5.74, 6) is 0.591. The van der Waals surface area contributed by atoms with Crippen molar-refractivity contribution in [1.82, 2.24) is 0 Å². The van der Waals surface area contributed by atoms with Gasteiger partial charge in [-0.3, -0.25) is 0 Å². The number of hydrogen-bond donors (Lipinski definition) is 1. The van der Waals surface area contributed by atoms with E-state index in [0.29, 0.717) is 12.0 Å². The quantitative estimate of drug-likeness (QED) is 0.568. The molecule has 0 aromatic heterocycles. The highest BCUT2D eigenvalue weighted by molar-refractivity contribution is 5.59. The molecule has 0 aliphatic heterocycles. The zero-order chi connectivity index (χ0) is 20.4. The molecule has 0 bridgehead atoms. The molecule has 0 saturated carbocycles. The third kappa shape index (κ3) is 5.61. The van der Waals surface area contributed by atoms with Crippen molar-refractivity contribution in [3.8, 4) is 0 Å². The maximum Gasteiger partial charge on any atom is 0.0517 e. The van der Waals surface area contributed by atoms with Crippen LogP contribution in [0.4, 0.5) is 5.69 Å². The molecule has 1 N–H and O–H groups in total. The maximum atomic E-state index is 3.93. The van der Waals surface area contributed by atoms with Gasteiger partial charge in [0.25, 0.3) is 0 Å². The van der Waals surface area contributed by atoms with Crippen LogP contribution in [0.2, 0.25) is 0 Å². The highest BCUT2D eigenvalue weighted by atomic mass is 14.9. The fraction of sp³-hybridized carbons (Fsp3) is 0.538. The Kier molecular flexibility index (Phi) is 6.45. The Bertz CT molecular complexity index is 707. The lowest BCUT2D eigenvalue weighted by Crippen LogP contribution is -2.35. The molecule has 0 fully saturated rings. The smallest absolute Gasteiger partial charge is 0.0517 e. The van der Waals surface area contributed by atoms with Crippen LogP contribution in [0, 0.1) is 37.5 Å². The molecular weight excluding hydrogens is 326 g/mol. The van der Waals surface area contributed by atoms with E-state index < -0.39 is 0 Å². The van der Waals surface area contributed by atoms with Crippen molar-refractivity contribution in [2.24, 2.45) is 16.7 Å². The zero-order valence-electron chi connectivity index (χ0n) is 18.9. The van der Waals surface area contributed by atoms with Gasteiger partial charge in [0.2, 0.25) is 0 Å². The fourth-order valence-corrected chi connectivity index (χ4v) is 4.79. The predicted molar refractivity (Wildman–Crippen MR) is 120 cm³/mol. The lowest BCUT2D eigenvalue weighted by atomic mass is 9.64. The molecule has 27 heavy (non-hydrogen) atoms. The summed E-state index contributed by atoms with van der Waals surface area (Å²) in [4.78, 5) is 0. The maximum absolute atomic E-state index is 3.93. The van der Waals surface area contributed by atoms with E-state index in [9.17, 15) is 0 Å². The van der Waals surface area contributed by atoms with E-state index in [2.05, 4.69) is 110 Å². The van der Waals surface area contributed by atoms with Crippen molar-refractivity contribution < 1.29 is 0 Å². The Hall–Kier alpha value is -1.76. The van der Waals surface area contributed by atoms with E-state index >= 15 is 0 Å². The Morgan fingerprint density at radius 1 is 0.778 bits per heavy atom. The molecule has 0 spiro atoms. The highest BCUT2D eigenvalue weighted by Gasteiger charge is 2.36. The molecule has 2 aromatic carbocycles. The first-order valence-corrected chi connectivity index (χ1v) is 10.3. The summed E-state index contributed by atoms with van der Waals surface area (Å²) < 4.78 is 0. The van der Waals surface area contributed by atoms with Gasteiger partial charge >= 0.3 is 0 Å². The van der Waals surface area contributed by atoms with Gasteiger partial charge in [0.1, 0.15) is 0 Å². The number of aryl methyl sites for hydroxylation is 3. The Balaban J connectivity index is 2.44. The largest absolute Gasteiger partial charge is 0.378 e. The molecular formula is C26H39N. The standard InChI is InChI=1S/C26H39N/c1-18-15-19(2)24(20(3)16-18)27-22(21-13-11-10-12-14-21)17-23(25(4,5)6)26(7,8)9/h10-16,22-23,27H,17H2,1-9H3. The van der Waals surface area contributed by atoms with Crippen LogP contribution in [0.1, 0.15) is 76.3 Å². The van der Waals surface area contributed by atoms with Gasteiger partial charge in [-0.25, -0.2) is 0 Å². The van der Waals surface area contributed by atoms with Crippen molar-refractivity contribution in [1.29, 1.82) is 0 Å². The van der Waals surface area contributed by atoms with Crippen LogP contribution in [-0.4, -0.2) is 0 Å². The Labute approximate surface area is 167 Å². The first-order valence-electron chi connectivity index (χ1n) is 10.3. The second-order valence-corrected chi connectivity index (χ2v) is 10.4. The molecule has 0 aliphatic carbocycles. The average molecular weight is 366 g/mol. The van der Waals surface area contributed by atoms with Gasteiger partial charge in [0, 0.05) is 5.69 Å². The Morgan fingerprint density at radius 2 is 1.26 bits per heavy atom. The van der Waals surface area contributed by atoms with Gasteiger partial charge in [-0.2, -0.15) is 0 Å².